The van der Waals surface area contributed by atoms with E-state index in [1.54, 1.807) is 0 Å². The highest BCUT2D eigenvalue weighted by atomic mass is 32.1. The third-order valence-corrected chi connectivity index (χ3v) is 3.79. The highest BCUT2D eigenvalue weighted by molar-refractivity contribution is 7.16. The number of anilines is 1. The fourth-order valence-electron chi connectivity index (χ4n) is 1.53. The fraction of sp³-hybridized carbons (Fsp3) is 0.308. The van der Waals surface area contributed by atoms with Gasteiger partial charge in [0.05, 0.1) is 0 Å². The molecule has 18 heavy (non-hydrogen) atoms. The Bertz CT molecular complexity index is 585. The van der Waals surface area contributed by atoms with Crippen molar-refractivity contribution in [2.75, 3.05) is 5.73 Å². The molecular formula is C13H14F2N2S. The predicted molar refractivity (Wildman–Crippen MR) is 70.6 cm³/mol. The van der Waals surface area contributed by atoms with Crippen LogP contribution in [-0.2, 0) is 5.41 Å². The van der Waals surface area contributed by atoms with E-state index in [2.05, 4.69) is 4.98 Å². The average Bonchev–Trinajstić information content (AvgIpc) is 2.60. The van der Waals surface area contributed by atoms with Gasteiger partial charge in [-0.2, -0.15) is 0 Å². The van der Waals surface area contributed by atoms with E-state index in [9.17, 15) is 8.78 Å². The summed E-state index contributed by atoms with van der Waals surface area (Å²) in [6, 6.07) is 3.40. The Morgan fingerprint density at radius 2 is 1.89 bits per heavy atom. The molecule has 2 rings (SSSR count). The lowest BCUT2D eigenvalue weighted by atomic mass is 9.98. The Morgan fingerprint density at radius 1 is 1.22 bits per heavy atom. The number of nitrogen functional groups attached to an aromatic ring is 1. The molecule has 0 spiro atoms. The molecule has 0 unspecified atom stereocenters. The minimum atomic E-state index is -0.646. The maximum Gasteiger partial charge on any atom is 0.135 e. The number of nitrogens with zero attached hydrogens (tertiary/aromatic N) is 1. The van der Waals surface area contributed by atoms with Gasteiger partial charge in [-0.25, -0.2) is 13.8 Å². The molecule has 0 bridgehead atoms. The lowest BCUT2D eigenvalue weighted by Crippen LogP contribution is -2.10. The van der Waals surface area contributed by atoms with Crippen molar-refractivity contribution in [1.29, 1.82) is 0 Å². The van der Waals surface area contributed by atoms with Crippen LogP contribution in [0.1, 0.15) is 25.8 Å². The summed E-state index contributed by atoms with van der Waals surface area (Å²) in [7, 11) is 0. The standard InChI is InChI=1S/C13H14F2N2S/c1-13(2,3)12-17-10(11(16)18-12)8-5-4-7(14)6-9(8)15/h4-6H,16H2,1-3H3. The molecule has 2 aromatic rings. The molecule has 96 valence electrons. The highest BCUT2D eigenvalue weighted by Crippen LogP contribution is 2.37. The number of hydrogen-bond donors (Lipinski definition) is 1. The van der Waals surface area contributed by atoms with Crippen LogP contribution in [0.25, 0.3) is 11.3 Å². The first-order valence-electron chi connectivity index (χ1n) is 5.51. The van der Waals surface area contributed by atoms with E-state index in [0.29, 0.717) is 10.7 Å². The van der Waals surface area contributed by atoms with Crippen molar-refractivity contribution in [3.05, 3.63) is 34.8 Å². The van der Waals surface area contributed by atoms with Gasteiger partial charge in [0.15, 0.2) is 0 Å². The average molecular weight is 268 g/mol. The van der Waals surface area contributed by atoms with Crippen molar-refractivity contribution in [2.45, 2.75) is 26.2 Å². The molecular weight excluding hydrogens is 254 g/mol. The molecule has 2 nitrogen and oxygen atoms in total. The van der Waals surface area contributed by atoms with E-state index in [1.807, 2.05) is 20.8 Å². The minimum absolute atomic E-state index is 0.145. The quantitative estimate of drug-likeness (QED) is 0.850. The molecule has 1 aromatic heterocycles. The summed E-state index contributed by atoms with van der Waals surface area (Å²) in [4.78, 5) is 4.37. The smallest absolute Gasteiger partial charge is 0.135 e. The van der Waals surface area contributed by atoms with Crippen molar-refractivity contribution in [2.24, 2.45) is 0 Å². The maximum absolute atomic E-state index is 13.7. The fourth-order valence-corrected chi connectivity index (χ4v) is 2.43. The topological polar surface area (TPSA) is 38.9 Å². The molecule has 1 heterocycles. The molecule has 0 aliphatic rings. The second-order valence-corrected chi connectivity index (χ2v) is 6.14. The van der Waals surface area contributed by atoms with Gasteiger partial charge >= 0.3 is 0 Å². The van der Waals surface area contributed by atoms with Crippen LogP contribution in [0, 0.1) is 11.6 Å². The van der Waals surface area contributed by atoms with E-state index < -0.39 is 11.6 Å². The Labute approximate surface area is 108 Å². The Balaban J connectivity index is 2.55. The molecule has 0 amide bonds. The number of aromatic nitrogens is 1. The molecule has 0 saturated heterocycles. The summed E-state index contributed by atoms with van der Waals surface area (Å²) < 4.78 is 26.6. The summed E-state index contributed by atoms with van der Waals surface area (Å²) in [6.07, 6.45) is 0. The molecule has 0 atom stereocenters. The Hall–Kier alpha value is -1.49. The summed E-state index contributed by atoms with van der Waals surface area (Å²) in [5, 5.41) is 1.28. The normalized spacial score (nSPS) is 11.8. The molecule has 0 radical (unpaired) electrons. The van der Waals surface area contributed by atoms with Crippen molar-refractivity contribution in [3.8, 4) is 11.3 Å². The SMILES string of the molecule is CC(C)(C)c1nc(-c2ccc(F)cc2F)c(N)s1. The summed E-state index contributed by atoms with van der Waals surface area (Å²) in [5.41, 5.74) is 6.36. The largest absolute Gasteiger partial charge is 0.389 e. The lowest BCUT2D eigenvalue weighted by Gasteiger charge is -2.13. The van der Waals surface area contributed by atoms with Crippen molar-refractivity contribution in [1.82, 2.24) is 4.98 Å². The first kappa shape index (κ1) is 13.0. The summed E-state index contributed by atoms with van der Waals surface area (Å²) >= 11 is 1.34. The number of benzene rings is 1. The molecule has 0 aliphatic carbocycles. The van der Waals surface area contributed by atoms with Gasteiger partial charge in [-0.3, -0.25) is 0 Å². The summed E-state index contributed by atoms with van der Waals surface area (Å²) in [6.45, 7) is 6.03. The molecule has 0 saturated carbocycles. The second-order valence-electron chi connectivity index (χ2n) is 5.11. The van der Waals surface area contributed by atoms with Crippen LogP contribution in [0.15, 0.2) is 18.2 Å². The van der Waals surface area contributed by atoms with Crippen LogP contribution < -0.4 is 5.73 Å². The molecule has 1 aromatic carbocycles. The molecule has 0 aliphatic heterocycles. The van der Waals surface area contributed by atoms with E-state index in [0.717, 1.165) is 11.1 Å². The van der Waals surface area contributed by atoms with Gasteiger partial charge in [-0.05, 0) is 12.1 Å². The zero-order valence-corrected chi connectivity index (χ0v) is 11.2. The van der Waals surface area contributed by atoms with Gasteiger partial charge in [-0.15, -0.1) is 11.3 Å². The number of rotatable bonds is 1. The monoisotopic (exact) mass is 268 g/mol. The van der Waals surface area contributed by atoms with E-state index in [4.69, 9.17) is 5.73 Å². The first-order chi connectivity index (χ1) is 8.29. The van der Waals surface area contributed by atoms with Gasteiger partial charge in [0.1, 0.15) is 27.3 Å². The minimum Gasteiger partial charge on any atom is -0.389 e. The van der Waals surface area contributed by atoms with Crippen LogP contribution in [0.5, 0.6) is 0 Å². The zero-order chi connectivity index (χ0) is 13.5. The van der Waals surface area contributed by atoms with Crippen LogP contribution in [0.4, 0.5) is 13.8 Å². The van der Waals surface area contributed by atoms with E-state index >= 15 is 0 Å². The van der Waals surface area contributed by atoms with Gasteiger partial charge in [-0.1, -0.05) is 20.8 Å². The van der Waals surface area contributed by atoms with Gasteiger partial charge < -0.3 is 5.73 Å². The lowest BCUT2D eigenvalue weighted by molar-refractivity contribution is 0.581. The van der Waals surface area contributed by atoms with Crippen molar-refractivity contribution < 1.29 is 8.78 Å². The predicted octanol–water partition coefficient (Wildman–Crippen LogP) is 3.97. The van der Waals surface area contributed by atoms with Crippen molar-refractivity contribution >= 4 is 16.3 Å². The van der Waals surface area contributed by atoms with Gasteiger partial charge in [0, 0.05) is 17.0 Å². The second kappa shape index (κ2) is 4.31. The number of thiazole rings is 1. The zero-order valence-electron chi connectivity index (χ0n) is 10.4. The van der Waals surface area contributed by atoms with Crippen LogP contribution in [-0.4, -0.2) is 4.98 Å². The molecule has 2 N–H and O–H groups in total. The Kier molecular flexibility index (Phi) is 3.11. The maximum atomic E-state index is 13.7. The Morgan fingerprint density at radius 3 is 2.39 bits per heavy atom. The van der Waals surface area contributed by atoms with Crippen LogP contribution in [0.3, 0.4) is 0 Å². The van der Waals surface area contributed by atoms with E-state index in [-0.39, 0.29) is 11.0 Å². The highest BCUT2D eigenvalue weighted by Gasteiger charge is 2.22. The van der Waals surface area contributed by atoms with Crippen LogP contribution in [0.2, 0.25) is 0 Å². The van der Waals surface area contributed by atoms with Crippen molar-refractivity contribution in [3.63, 3.8) is 0 Å². The first-order valence-corrected chi connectivity index (χ1v) is 6.33. The summed E-state index contributed by atoms with van der Waals surface area (Å²) in [5.74, 6) is -1.26. The third-order valence-electron chi connectivity index (χ3n) is 2.48. The third kappa shape index (κ3) is 2.36. The van der Waals surface area contributed by atoms with Gasteiger partial charge in [0.2, 0.25) is 0 Å². The molecule has 0 fully saturated rings. The number of nitrogens with two attached hydrogens (primary N) is 1. The molecule has 5 heteroatoms. The van der Waals surface area contributed by atoms with Gasteiger partial charge in [0.25, 0.3) is 0 Å². The van der Waals surface area contributed by atoms with E-state index in [1.165, 1.54) is 23.5 Å². The number of halogens is 2. The van der Waals surface area contributed by atoms with Crippen LogP contribution >= 0.6 is 11.3 Å². The number of hydrogen-bond acceptors (Lipinski definition) is 3.